The molecule has 2 amide bonds. The molecule has 2 aromatic rings. The van der Waals surface area contributed by atoms with Gasteiger partial charge < -0.3 is 15.5 Å². The average molecular weight is 400 g/mol. The number of nitrogens with one attached hydrogen (secondary N) is 2. The van der Waals surface area contributed by atoms with Gasteiger partial charge in [0.1, 0.15) is 0 Å². The normalized spacial score (nSPS) is 10.6. The number of carbonyl (C=O) groups is 2. The van der Waals surface area contributed by atoms with Crippen LogP contribution in [0.1, 0.15) is 26.3 Å². The van der Waals surface area contributed by atoms with Crippen LogP contribution in [-0.2, 0) is 9.59 Å². The average Bonchev–Trinajstić information content (AvgIpc) is 2.63. The lowest BCUT2D eigenvalue weighted by atomic mass is 10.2. The minimum absolute atomic E-state index is 0.110. The highest BCUT2D eigenvalue weighted by atomic mass is 32.2. The van der Waals surface area contributed by atoms with Gasteiger partial charge in [-0.1, -0.05) is 12.1 Å². The van der Waals surface area contributed by atoms with Crippen LogP contribution in [0.2, 0.25) is 0 Å². The van der Waals surface area contributed by atoms with Crippen LogP contribution in [0.4, 0.5) is 17.1 Å². The molecule has 0 aliphatic rings. The molecule has 0 aromatic heterocycles. The summed E-state index contributed by atoms with van der Waals surface area (Å²) in [6.07, 6.45) is 0. The van der Waals surface area contributed by atoms with E-state index in [4.69, 9.17) is 0 Å². The Labute approximate surface area is 171 Å². The highest BCUT2D eigenvalue weighted by Crippen LogP contribution is 2.20. The Kier molecular flexibility index (Phi) is 8.39. The van der Waals surface area contributed by atoms with Gasteiger partial charge in [-0.3, -0.25) is 9.59 Å². The first-order valence-electron chi connectivity index (χ1n) is 9.50. The lowest BCUT2D eigenvalue weighted by molar-refractivity contribution is -0.114. The second-order valence-corrected chi connectivity index (χ2v) is 7.87. The zero-order chi connectivity index (χ0) is 20.5. The van der Waals surface area contributed by atoms with Crippen LogP contribution in [0, 0.1) is 6.92 Å². The van der Waals surface area contributed by atoms with Gasteiger partial charge in [0, 0.05) is 29.6 Å². The summed E-state index contributed by atoms with van der Waals surface area (Å²) in [7, 11) is 0. The van der Waals surface area contributed by atoms with Gasteiger partial charge in [0.25, 0.3) is 0 Å². The smallest absolute Gasteiger partial charge is 0.234 e. The number of aryl methyl sites for hydroxylation is 1. The Bertz CT molecular complexity index is 791. The largest absolute Gasteiger partial charge is 0.369 e. The van der Waals surface area contributed by atoms with Crippen molar-refractivity contribution < 1.29 is 9.59 Å². The second-order valence-electron chi connectivity index (χ2n) is 6.89. The first kappa shape index (κ1) is 21.8. The number of benzene rings is 2. The van der Waals surface area contributed by atoms with Crippen molar-refractivity contribution in [2.45, 2.75) is 33.7 Å². The standard InChI is InChI=1S/C22H29N3O2S/c1-5-25(16(2)3)20-11-9-18(10-12-20)23-21(26)14-28-15-22(27)24-19-8-6-7-17(4)13-19/h6-13,16H,5,14-15H2,1-4H3,(H,23,26)(H,24,27). The van der Waals surface area contributed by atoms with Crippen LogP contribution in [-0.4, -0.2) is 35.9 Å². The fraction of sp³-hybridized carbons (Fsp3) is 0.364. The van der Waals surface area contributed by atoms with Gasteiger partial charge in [-0.15, -0.1) is 11.8 Å². The summed E-state index contributed by atoms with van der Waals surface area (Å²) in [4.78, 5) is 26.4. The number of rotatable bonds is 9. The summed E-state index contributed by atoms with van der Waals surface area (Å²) in [6.45, 7) is 9.35. The molecule has 6 heteroatoms. The number of carbonyl (C=O) groups excluding carboxylic acids is 2. The molecule has 0 unspecified atom stereocenters. The number of anilines is 3. The third kappa shape index (κ3) is 6.93. The first-order chi connectivity index (χ1) is 13.4. The molecular weight excluding hydrogens is 370 g/mol. The Morgan fingerprint density at radius 3 is 2.11 bits per heavy atom. The Balaban J connectivity index is 1.75. The van der Waals surface area contributed by atoms with Crippen molar-refractivity contribution in [2.24, 2.45) is 0 Å². The lowest BCUT2D eigenvalue weighted by Crippen LogP contribution is -2.30. The van der Waals surface area contributed by atoms with Gasteiger partial charge in [0.15, 0.2) is 0 Å². The molecule has 0 spiro atoms. The third-order valence-corrected chi connectivity index (χ3v) is 5.15. The summed E-state index contributed by atoms with van der Waals surface area (Å²) in [6, 6.07) is 15.9. The Morgan fingerprint density at radius 1 is 0.964 bits per heavy atom. The van der Waals surface area contributed by atoms with Crippen LogP contribution in [0.5, 0.6) is 0 Å². The van der Waals surface area contributed by atoms with Gasteiger partial charge >= 0.3 is 0 Å². The maximum atomic E-state index is 12.1. The van der Waals surface area contributed by atoms with Crippen LogP contribution in [0.3, 0.4) is 0 Å². The van der Waals surface area contributed by atoms with Crippen molar-refractivity contribution in [1.82, 2.24) is 0 Å². The van der Waals surface area contributed by atoms with Crippen LogP contribution in [0.25, 0.3) is 0 Å². The predicted molar refractivity (Wildman–Crippen MR) is 120 cm³/mol. The molecule has 150 valence electrons. The van der Waals surface area contributed by atoms with E-state index >= 15 is 0 Å². The van der Waals surface area contributed by atoms with E-state index in [1.54, 1.807) is 0 Å². The number of hydrogen-bond donors (Lipinski definition) is 2. The maximum Gasteiger partial charge on any atom is 0.234 e. The molecule has 0 fully saturated rings. The highest BCUT2D eigenvalue weighted by Gasteiger charge is 2.09. The molecule has 0 bridgehead atoms. The molecular formula is C22H29N3O2S. The number of hydrogen-bond acceptors (Lipinski definition) is 4. The first-order valence-corrected chi connectivity index (χ1v) is 10.6. The fourth-order valence-corrected chi connectivity index (χ4v) is 3.55. The van der Waals surface area contributed by atoms with Gasteiger partial charge in [-0.2, -0.15) is 0 Å². The summed E-state index contributed by atoms with van der Waals surface area (Å²) in [5.74, 6) is 0.245. The van der Waals surface area contributed by atoms with Gasteiger partial charge in [-0.25, -0.2) is 0 Å². The number of nitrogens with zero attached hydrogens (tertiary/aromatic N) is 1. The van der Waals surface area contributed by atoms with E-state index in [0.717, 1.165) is 29.2 Å². The van der Waals surface area contributed by atoms with Crippen molar-refractivity contribution in [1.29, 1.82) is 0 Å². The molecule has 0 radical (unpaired) electrons. The summed E-state index contributed by atoms with van der Waals surface area (Å²) >= 11 is 1.30. The molecule has 5 nitrogen and oxygen atoms in total. The van der Waals surface area contributed by atoms with E-state index < -0.39 is 0 Å². The van der Waals surface area contributed by atoms with E-state index in [-0.39, 0.29) is 23.3 Å². The van der Waals surface area contributed by atoms with E-state index in [9.17, 15) is 9.59 Å². The van der Waals surface area contributed by atoms with Gasteiger partial charge in [-0.05, 0) is 69.7 Å². The summed E-state index contributed by atoms with van der Waals surface area (Å²) in [5, 5.41) is 5.72. The van der Waals surface area contributed by atoms with Crippen molar-refractivity contribution in [3.05, 3.63) is 54.1 Å². The third-order valence-electron chi connectivity index (χ3n) is 4.21. The van der Waals surface area contributed by atoms with E-state index in [1.807, 2.05) is 55.5 Å². The summed E-state index contributed by atoms with van der Waals surface area (Å²) in [5.41, 5.74) is 3.76. The minimum Gasteiger partial charge on any atom is -0.369 e. The van der Waals surface area contributed by atoms with E-state index in [2.05, 4.69) is 36.3 Å². The molecule has 2 N–H and O–H groups in total. The molecule has 2 rings (SSSR count). The highest BCUT2D eigenvalue weighted by molar-refractivity contribution is 8.00. The SMILES string of the molecule is CCN(c1ccc(NC(=O)CSCC(=O)Nc2cccc(C)c2)cc1)C(C)C. The minimum atomic E-state index is -0.114. The maximum absolute atomic E-state index is 12.1. The molecule has 28 heavy (non-hydrogen) atoms. The van der Waals surface area contributed by atoms with Crippen molar-refractivity contribution in [3.63, 3.8) is 0 Å². The van der Waals surface area contributed by atoms with E-state index in [0.29, 0.717) is 6.04 Å². The van der Waals surface area contributed by atoms with Gasteiger partial charge in [0.05, 0.1) is 11.5 Å². The van der Waals surface area contributed by atoms with Crippen molar-refractivity contribution in [2.75, 3.05) is 33.6 Å². The number of thioether (sulfide) groups is 1. The lowest BCUT2D eigenvalue weighted by Gasteiger charge is -2.27. The number of amides is 2. The molecule has 0 heterocycles. The zero-order valence-electron chi connectivity index (χ0n) is 17.0. The van der Waals surface area contributed by atoms with Crippen LogP contribution >= 0.6 is 11.8 Å². The van der Waals surface area contributed by atoms with Gasteiger partial charge in [0.2, 0.25) is 11.8 Å². The molecule has 0 saturated carbocycles. The quantitative estimate of drug-likeness (QED) is 0.650. The Morgan fingerprint density at radius 2 is 1.57 bits per heavy atom. The van der Waals surface area contributed by atoms with Crippen LogP contribution < -0.4 is 15.5 Å². The van der Waals surface area contributed by atoms with Crippen molar-refractivity contribution >= 4 is 40.6 Å². The zero-order valence-corrected chi connectivity index (χ0v) is 17.8. The van der Waals surface area contributed by atoms with E-state index in [1.165, 1.54) is 11.8 Å². The summed E-state index contributed by atoms with van der Waals surface area (Å²) < 4.78 is 0. The molecule has 0 atom stereocenters. The molecule has 2 aromatic carbocycles. The molecule has 0 saturated heterocycles. The van der Waals surface area contributed by atoms with Crippen LogP contribution in [0.15, 0.2) is 48.5 Å². The predicted octanol–water partition coefficient (Wildman–Crippen LogP) is 4.54. The topological polar surface area (TPSA) is 61.4 Å². The second kappa shape index (κ2) is 10.8. The fourth-order valence-electron chi connectivity index (χ4n) is 2.94. The van der Waals surface area contributed by atoms with Crippen molar-refractivity contribution in [3.8, 4) is 0 Å². The molecule has 0 aliphatic carbocycles. The molecule has 0 aliphatic heterocycles. The Hall–Kier alpha value is -2.47. The monoisotopic (exact) mass is 399 g/mol.